The summed E-state index contributed by atoms with van der Waals surface area (Å²) in [5.74, 6) is 0.791. The molecule has 5 aromatic rings. The number of amides is 1. The second-order valence-corrected chi connectivity index (χ2v) is 9.45. The molecule has 38 heavy (non-hydrogen) atoms. The molecule has 188 valence electrons. The van der Waals surface area contributed by atoms with Crippen molar-refractivity contribution in [3.05, 3.63) is 115 Å². The smallest absolute Gasteiger partial charge is 0.255 e. The summed E-state index contributed by atoms with van der Waals surface area (Å²) in [5, 5.41) is 2.95. The number of nitrogens with zero attached hydrogens (tertiary/aromatic N) is 5. The summed E-state index contributed by atoms with van der Waals surface area (Å²) < 4.78 is 0. The van der Waals surface area contributed by atoms with Gasteiger partial charge in [-0.05, 0) is 59.2 Å². The summed E-state index contributed by atoms with van der Waals surface area (Å²) in [6.07, 6.45) is 5.63. The van der Waals surface area contributed by atoms with Crippen LogP contribution in [0.2, 0.25) is 0 Å². The number of hydrogen-bond acceptors (Lipinski definition) is 6. The highest BCUT2D eigenvalue weighted by atomic mass is 16.1. The minimum Gasteiger partial charge on any atom is -0.353 e. The van der Waals surface area contributed by atoms with Crippen molar-refractivity contribution in [3.8, 4) is 11.1 Å². The fourth-order valence-electron chi connectivity index (χ4n) is 4.76. The third-order valence-corrected chi connectivity index (χ3v) is 6.87. The Labute approximate surface area is 221 Å². The first kappa shape index (κ1) is 23.8. The number of aromatic nitrogens is 3. The SMILES string of the molecule is O=C(Nc1ccc(-c2ccc3ncc(N4CCN(Cc5cccnc5)CC4)nc3c2)cc1)c1ccccc1. The van der Waals surface area contributed by atoms with Crippen LogP contribution in [0, 0.1) is 0 Å². The quantitative estimate of drug-likeness (QED) is 0.343. The summed E-state index contributed by atoms with van der Waals surface area (Å²) in [7, 11) is 0. The Morgan fingerprint density at radius 1 is 0.789 bits per heavy atom. The highest BCUT2D eigenvalue weighted by Gasteiger charge is 2.19. The van der Waals surface area contributed by atoms with Gasteiger partial charge in [0, 0.05) is 56.4 Å². The molecule has 6 rings (SSSR count). The average Bonchev–Trinajstić information content (AvgIpc) is 2.98. The molecule has 0 spiro atoms. The van der Waals surface area contributed by atoms with Crippen molar-refractivity contribution in [2.24, 2.45) is 0 Å². The van der Waals surface area contributed by atoms with E-state index >= 15 is 0 Å². The van der Waals surface area contributed by atoms with Crippen molar-refractivity contribution < 1.29 is 4.79 Å². The standard InChI is InChI=1S/C31H28N6O/c38-31(25-6-2-1-3-7-25)34-27-11-8-24(9-12-27)26-10-13-28-29(19-26)35-30(21-33-28)37-17-15-36(16-18-37)22-23-5-4-14-32-20-23/h1-14,19-21H,15-18,22H2,(H,34,38). The summed E-state index contributed by atoms with van der Waals surface area (Å²) in [4.78, 5) is 31.1. The van der Waals surface area contributed by atoms with E-state index in [2.05, 4.69) is 43.3 Å². The molecule has 7 heteroatoms. The van der Waals surface area contributed by atoms with Crippen LogP contribution in [-0.2, 0) is 6.54 Å². The summed E-state index contributed by atoms with van der Waals surface area (Å²) in [5.41, 5.74) is 6.50. The van der Waals surface area contributed by atoms with Gasteiger partial charge < -0.3 is 10.2 Å². The topological polar surface area (TPSA) is 74.2 Å². The highest BCUT2D eigenvalue weighted by Crippen LogP contribution is 2.26. The van der Waals surface area contributed by atoms with Gasteiger partial charge in [-0.3, -0.25) is 19.7 Å². The largest absolute Gasteiger partial charge is 0.353 e. The number of carbonyl (C=O) groups is 1. The fourth-order valence-corrected chi connectivity index (χ4v) is 4.76. The zero-order valence-corrected chi connectivity index (χ0v) is 21.0. The molecule has 3 heterocycles. The van der Waals surface area contributed by atoms with Crippen LogP contribution in [-0.4, -0.2) is 51.9 Å². The minimum absolute atomic E-state index is 0.121. The van der Waals surface area contributed by atoms with Gasteiger partial charge in [0.2, 0.25) is 0 Å². The maximum Gasteiger partial charge on any atom is 0.255 e. The Bertz CT molecular complexity index is 1530. The molecule has 0 aliphatic carbocycles. The molecular formula is C31H28N6O. The molecule has 0 bridgehead atoms. The maximum absolute atomic E-state index is 12.4. The van der Waals surface area contributed by atoms with Gasteiger partial charge in [0.05, 0.1) is 17.2 Å². The van der Waals surface area contributed by atoms with Gasteiger partial charge in [-0.15, -0.1) is 0 Å². The number of hydrogen-bond donors (Lipinski definition) is 1. The van der Waals surface area contributed by atoms with Crippen molar-refractivity contribution in [1.29, 1.82) is 0 Å². The van der Waals surface area contributed by atoms with Gasteiger partial charge in [-0.1, -0.05) is 42.5 Å². The number of rotatable bonds is 6. The molecule has 7 nitrogen and oxygen atoms in total. The molecular weight excluding hydrogens is 472 g/mol. The van der Waals surface area contributed by atoms with E-state index in [1.165, 1.54) is 5.56 Å². The fraction of sp³-hybridized carbons (Fsp3) is 0.161. The summed E-state index contributed by atoms with van der Waals surface area (Å²) >= 11 is 0. The first-order valence-electron chi connectivity index (χ1n) is 12.8. The maximum atomic E-state index is 12.4. The van der Waals surface area contributed by atoms with Crippen LogP contribution in [0.25, 0.3) is 22.2 Å². The zero-order valence-electron chi connectivity index (χ0n) is 21.0. The number of fused-ring (bicyclic) bond motifs is 1. The second kappa shape index (κ2) is 10.8. The van der Waals surface area contributed by atoms with Crippen LogP contribution in [0.5, 0.6) is 0 Å². The van der Waals surface area contributed by atoms with Crippen LogP contribution in [0.1, 0.15) is 15.9 Å². The van der Waals surface area contributed by atoms with Crippen LogP contribution in [0.4, 0.5) is 11.5 Å². The van der Waals surface area contributed by atoms with E-state index in [-0.39, 0.29) is 5.91 Å². The van der Waals surface area contributed by atoms with Gasteiger partial charge in [0.25, 0.3) is 5.91 Å². The monoisotopic (exact) mass is 500 g/mol. The predicted molar refractivity (Wildman–Crippen MR) is 151 cm³/mol. The van der Waals surface area contributed by atoms with E-state index in [4.69, 9.17) is 4.98 Å². The van der Waals surface area contributed by atoms with E-state index in [0.29, 0.717) is 5.56 Å². The summed E-state index contributed by atoms with van der Waals surface area (Å²) in [6, 6.07) is 27.4. The molecule has 1 aliphatic rings. The molecule has 0 atom stereocenters. The minimum atomic E-state index is -0.121. The summed E-state index contributed by atoms with van der Waals surface area (Å²) in [6.45, 7) is 4.69. The van der Waals surface area contributed by atoms with Crippen LogP contribution < -0.4 is 10.2 Å². The van der Waals surface area contributed by atoms with Crippen molar-refractivity contribution in [3.63, 3.8) is 0 Å². The Balaban J connectivity index is 1.13. The Morgan fingerprint density at radius 2 is 1.58 bits per heavy atom. The first-order chi connectivity index (χ1) is 18.7. The number of benzene rings is 3. The second-order valence-electron chi connectivity index (χ2n) is 9.45. The van der Waals surface area contributed by atoms with Crippen LogP contribution >= 0.6 is 0 Å². The van der Waals surface area contributed by atoms with Gasteiger partial charge in [0.1, 0.15) is 5.82 Å². The molecule has 1 N–H and O–H groups in total. The molecule has 0 radical (unpaired) electrons. The van der Waals surface area contributed by atoms with Crippen LogP contribution in [0.3, 0.4) is 0 Å². The predicted octanol–water partition coefficient (Wildman–Crippen LogP) is 5.27. The number of piperazine rings is 1. The van der Waals surface area contributed by atoms with Crippen LogP contribution in [0.15, 0.2) is 104 Å². The number of pyridine rings is 1. The number of carbonyl (C=O) groups excluding carboxylic acids is 1. The van der Waals surface area contributed by atoms with E-state index < -0.39 is 0 Å². The van der Waals surface area contributed by atoms with Crippen molar-refractivity contribution in [2.75, 3.05) is 36.4 Å². The lowest BCUT2D eigenvalue weighted by atomic mass is 10.0. The molecule has 1 aliphatic heterocycles. The number of nitrogens with one attached hydrogen (secondary N) is 1. The molecule has 3 aromatic carbocycles. The van der Waals surface area contributed by atoms with Crippen molar-refractivity contribution >= 4 is 28.4 Å². The van der Waals surface area contributed by atoms with E-state index in [9.17, 15) is 4.79 Å². The number of anilines is 2. The third kappa shape index (κ3) is 5.38. The first-order valence-corrected chi connectivity index (χ1v) is 12.8. The lowest BCUT2D eigenvalue weighted by molar-refractivity contribution is 0.102. The molecule has 1 amide bonds. The average molecular weight is 501 g/mol. The van der Waals surface area contributed by atoms with E-state index in [1.807, 2.05) is 73.2 Å². The Morgan fingerprint density at radius 3 is 2.34 bits per heavy atom. The zero-order chi connectivity index (χ0) is 25.7. The molecule has 0 saturated carbocycles. The third-order valence-electron chi connectivity index (χ3n) is 6.87. The van der Waals surface area contributed by atoms with Gasteiger partial charge in [-0.2, -0.15) is 0 Å². The van der Waals surface area contributed by atoms with Gasteiger partial charge in [-0.25, -0.2) is 4.98 Å². The Kier molecular flexibility index (Phi) is 6.74. The highest BCUT2D eigenvalue weighted by molar-refractivity contribution is 6.04. The van der Waals surface area contributed by atoms with E-state index in [0.717, 1.165) is 66.4 Å². The molecule has 1 saturated heterocycles. The molecule has 0 unspecified atom stereocenters. The Hall–Kier alpha value is -4.62. The lowest BCUT2D eigenvalue weighted by Crippen LogP contribution is -2.46. The van der Waals surface area contributed by atoms with E-state index in [1.54, 1.807) is 12.1 Å². The molecule has 1 fully saturated rings. The normalized spacial score (nSPS) is 13.9. The lowest BCUT2D eigenvalue weighted by Gasteiger charge is -2.35. The van der Waals surface area contributed by atoms with Gasteiger partial charge >= 0.3 is 0 Å². The molecule has 2 aromatic heterocycles. The van der Waals surface area contributed by atoms with Crippen molar-refractivity contribution in [2.45, 2.75) is 6.54 Å². The van der Waals surface area contributed by atoms with Gasteiger partial charge in [0.15, 0.2) is 0 Å². The van der Waals surface area contributed by atoms with Crippen molar-refractivity contribution in [1.82, 2.24) is 19.9 Å².